The molecular weight excluding hydrogens is 332 g/mol. The van der Waals surface area contributed by atoms with Gasteiger partial charge in [-0.05, 0) is 47.3 Å². The fourth-order valence-electron chi connectivity index (χ4n) is 1.99. The van der Waals surface area contributed by atoms with Crippen molar-refractivity contribution >= 4 is 39.3 Å². The van der Waals surface area contributed by atoms with Crippen LogP contribution in [0.3, 0.4) is 0 Å². The number of amides is 2. The van der Waals surface area contributed by atoms with Gasteiger partial charge in [0.15, 0.2) is 0 Å². The minimum absolute atomic E-state index is 0.128. The van der Waals surface area contributed by atoms with E-state index in [0.717, 1.165) is 12.8 Å². The zero-order chi connectivity index (χ0) is 13.8. The summed E-state index contributed by atoms with van der Waals surface area (Å²) in [5, 5.41) is 5.87. The van der Waals surface area contributed by atoms with Gasteiger partial charge in [-0.3, -0.25) is 9.59 Å². The third-order valence-electron chi connectivity index (χ3n) is 3.04. The molecule has 0 spiro atoms. The maximum absolute atomic E-state index is 12.1. The van der Waals surface area contributed by atoms with E-state index in [0.29, 0.717) is 28.0 Å². The molecule has 1 aromatic rings. The number of carbonyl (C=O) groups is 2. The zero-order valence-corrected chi connectivity index (χ0v) is 12.6. The van der Waals surface area contributed by atoms with Gasteiger partial charge in [-0.15, -0.1) is 0 Å². The molecule has 1 aliphatic heterocycles. The molecule has 0 bridgehead atoms. The van der Waals surface area contributed by atoms with Crippen molar-refractivity contribution in [1.29, 1.82) is 0 Å². The van der Waals surface area contributed by atoms with Crippen LogP contribution < -0.4 is 10.6 Å². The van der Waals surface area contributed by atoms with E-state index < -0.39 is 6.04 Å². The second kappa shape index (κ2) is 6.39. The van der Waals surface area contributed by atoms with E-state index >= 15 is 0 Å². The predicted octanol–water partition coefficient (Wildman–Crippen LogP) is 2.50. The second-order valence-corrected chi connectivity index (χ2v) is 5.65. The maximum Gasteiger partial charge on any atom is 0.253 e. The lowest BCUT2D eigenvalue weighted by molar-refractivity contribution is -0.122. The smallest absolute Gasteiger partial charge is 0.253 e. The van der Waals surface area contributed by atoms with Crippen LogP contribution in [0.15, 0.2) is 22.7 Å². The summed E-state index contributed by atoms with van der Waals surface area (Å²) < 4.78 is 0.659. The van der Waals surface area contributed by atoms with E-state index in [1.165, 1.54) is 0 Å². The van der Waals surface area contributed by atoms with Crippen LogP contribution in [0.5, 0.6) is 0 Å². The monoisotopic (exact) mass is 344 g/mol. The topological polar surface area (TPSA) is 58.2 Å². The van der Waals surface area contributed by atoms with Gasteiger partial charge in [-0.1, -0.05) is 17.7 Å². The van der Waals surface area contributed by atoms with Crippen LogP contribution in [-0.4, -0.2) is 24.4 Å². The van der Waals surface area contributed by atoms with Gasteiger partial charge in [0.2, 0.25) is 5.91 Å². The third kappa shape index (κ3) is 3.48. The highest BCUT2D eigenvalue weighted by Gasteiger charge is 2.23. The number of nitrogens with one attached hydrogen (secondary N) is 2. The van der Waals surface area contributed by atoms with Gasteiger partial charge in [0, 0.05) is 11.0 Å². The number of rotatable bonds is 2. The van der Waals surface area contributed by atoms with Crippen molar-refractivity contribution in [2.45, 2.75) is 25.3 Å². The lowest BCUT2D eigenvalue weighted by atomic mass is 10.1. The Morgan fingerprint density at radius 2 is 2.21 bits per heavy atom. The Morgan fingerprint density at radius 1 is 1.42 bits per heavy atom. The van der Waals surface area contributed by atoms with Crippen LogP contribution in [0.4, 0.5) is 0 Å². The van der Waals surface area contributed by atoms with Crippen molar-refractivity contribution in [3.8, 4) is 0 Å². The molecule has 102 valence electrons. The van der Waals surface area contributed by atoms with E-state index in [1.807, 2.05) is 0 Å². The highest BCUT2D eigenvalue weighted by atomic mass is 79.9. The van der Waals surface area contributed by atoms with E-state index in [1.54, 1.807) is 18.2 Å². The molecule has 1 saturated heterocycles. The molecule has 1 atom stereocenters. The van der Waals surface area contributed by atoms with Gasteiger partial charge in [-0.2, -0.15) is 0 Å². The van der Waals surface area contributed by atoms with Crippen molar-refractivity contribution < 1.29 is 9.59 Å². The van der Waals surface area contributed by atoms with Gasteiger partial charge in [0.1, 0.15) is 6.04 Å². The number of benzene rings is 1. The first-order chi connectivity index (χ1) is 9.09. The van der Waals surface area contributed by atoms with Crippen molar-refractivity contribution in [3.05, 3.63) is 33.3 Å². The van der Waals surface area contributed by atoms with Gasteiger partial charge >= 0.3 is 0 Å². The standard InChI is InChI=1S/C13H14BrClN2O2/c14-9-5-3-4-8(11(9)15)12(18)17-10-6-1-2-7-16-13(10)19/h3-5,10H,1-2,6-7H2,(H,16,19)(H,17,18). The van der Waals surface area contributed by atoms with E-state index in [9.17, 15) is 9.59 Å². The first-order valence-electron chi connectivity index (χ1n) is 6.12. The van der Waals surface area contributed by atoms with Crippen LogP contribution >= 0.6 is 27.5 Å². The van der Waals surface area contributed by atoms with Crippen LogP contribution in [-0.2, 0) is 4.79 Å². The molecule has 1 unspecified atom stereocenters. The van der Waals surface area contributed by atoms with Crippen LogP contribution in [0, 0.1) is 0 Å². The quantitative estimate of drug-likeness (QED) is 0.865. The normalized spacial score (nSPS) is 19.5. The molecule has 0 aromatic heterocycles. The number of carbonyl (C=O) groups excluding carboxylic acids is 2. The van der Waals surface area contributed by atoms with Crippen molar-refractivity contribution in [1.82, 2.24) is 10.6 Å². The molecule has 1 aliphatic rings. The zero-order valence-electron chi connectivity index (χ0n) is 10.2. The Bertz CT molecular complexity index is 507. The Balaban J connectivity index is 2.12. The lowest BCUT2D eigenvalue weighted by Crippen LogP contribution is -2.45. The highest BCUT2D eigenvalue weighted by Crippen LogP contribution is 2.26. The SMILES string of the molecule is O=C(NC1CCCCNC1=O)c1cccc(Br)c1Cl. The summed E-state index contributed by atoms with van der Waals surface area (Å²) >= 11 is 9.34. The molecule has 1 aromatic carbocycles. The molecule has 19 heavy (non-hydrogen) atoms. The van der Waals surface area contributed by atoms with Gasteiger partial charge in [0.25, 0.3) is 5.91 Å². The first-order valence-corrected chi connectivity index (χ1v) is 7.29. The molecule has 2 N–H and O–H groups in total. The van der Waals surface area contributed by atoms with Gasteiger partial charge in [0.05, 0.1) is 10.6 Å². The summed E-state index contributed by atoms with van der Waals surface area (Å²) in [6.45, 7) is 0.669. The minimum Gasteiger partial charge on any atom is -0.354 e. The molecular formula is C13H14BrClN2O2. The number of hydrogen-bond acceptors (Lipinski definition) is 2. The largest absolute Gasteiger partial charge is 0.354 e. The van der Waals surface area contributed by atoms with Crippen LogP contribution in [0.2, 0.25) is 5.02 Å². The Hall–Kier alpha value is -1.07. The Morgan fingerprint density at radius 3 is 3.00 bits per heavy atom. The number of halogens is 2. The Kier molecular flexibility index (Phi) is 4.82. The van der Waals surface area contributed by atoms with Gasteiger partial charge < -0.3 is 10.6 Å². The van der Waals surface area contributed by atoms with Gasteiger partial charge in [-0.25, -0.2) is 0 Å². The molecule has 2 amide bonds. The molecule has 6 heteroatoms. The summed E-state index contributed by atoms with van der Waals surface area (Å²) in [7, 11) is 0. The summed E-state index contributed by atoms with van der Waals surface area (Å²) in [4.78, 5) is 23.9. The third-order valence-corrected chi connectivity index (χ3v) is 4.33. The highest BCUT2D eigenvalue weighted by molar-refractivity contribution is 9.10. The summed E-state index contributed by atoms with van der Waals surface area (Å²) in [6.07, 6.45) is 2.51. The maximum atomic E-state index is 12.1. The second-order valence-electron chi connectivity index (χ2n) is 4.41. The molecule has 0 saturated carbocycles. The average Bonchev–Trinajstić information content (AvgIpc) is 2.58. The van der Waals surface area contributed by atoms with Crippen molar-refractivity contribution in [2.24, 2.45) is 0 Å². The molecule has 4 nitrogen and oxygen atoms in total. The fourth-order valence-corrected chi connectivity index (χ4v) is 2.57. The van der Waals surface area contributed by atoms with Crippen molar-refractivity contribution in [2.75, 3.05) is 6.54 Å². The molecule has 0 aliphatic carbocycles. The first kappa shape index (κ1) is 14.3. The van der Waals surface area contributed by atoms with E-state index in [-0.39, 0.29) is 11.8 Å². The average molecular weight is 346 g/mol. The summed E-state index contributed by atoms with van der Waals surface area (Å²) in [6, 6.07) is 4.65. The number of hydrogen-bond donors (Lipinski definition) is 2. The predicted molar refractivity (Wildman–Crippen MR) is 77.3 cm³/mol. The molecule has 0 radical (unpaired) electrons. The Labute approximate surface area is 125 Å². The lowest BCUT2D eigenvalue weighted by Gasteiger charge is -2.15. The molecule has 2 rings (SSSR count). The summed E-state index contributed by atoms with van der Waals surface area (Å²) in [5.41, 5.74) is 0.369. The fraction of sp³-hybridized carbons (Fsp3) is 0.385. The van der Waals surface area contributed by atoms with Crippen LogP contribution in [0.1, 0.15) is 29.6 Å². The van der Waals surface area contributed by atoms with Crippen LogP contribution in [0.25, 0.3) is 0 Å². The van der Waals surface area contributed by atoms with E-state index in [2.05, 4.69) is 26.6 Å². The van der Waals surface area contributed by atoms with Crippen molar-refractivity contribution in [3.63, 3.8) is 0 Å². The minimum atomic E-state index is -0.481. The van der Waals surface area contributed by atoms with E-state index in [4.69, 9.17) is 11.6 Å². The molecule has 1 heterocycles. The summed E-state index contributed by atoms with van der Waals surface area (Å²) in [5.74, 6) is -0.453. The molecule has 1 fully saturated rings.